The highest BCUT2D eigenvalue weighted by Gasteiger charge is 2.24. The van der Waals surface area contributed by atoms with Crippen molar-refractivity contribution in [3.63, 3.8) is 0 Å². The number of nitrogens with one attached hydrogen (secondary N) is 2. The largest absolute Gasteiger partial charge is 0.350 e. The Bertz CT molecular complexity index is 440. The summed E-state index contributed by atoms with van der Waals surface area (Å²) in [6.45, 7) is 7.64. The number of thiazole rings is 1. The lowest BCUT2D eigenvalue weighted by Gasteiger charge is -2.12. The first-order chi connectivity index (χ1) is 9.10. The van der Waals surface area contributed by atoms with E-state index in [1.807, 2.05) is 6.92 Å². The van der Waals surface area contributed by atoms with Crippen molar-refractivity contribution in [1.82, 2.24) is 15.6 Å². The van der Waals surface area contributed by atoms with Gasteiger partial charge < -0.3 is 10.6 Å². The van der Waals surface area contributed by atoms with E-state index < -0.39 is 0 Å². The van der Waals surface area contributed by atoms with E-state index in [4.69, 9.17) is 0 Å². The van der Waals surface area contributed by atoms with E-state index in [-0.39, 0.29) is 5.91 Å². The van der Waals surface area contributed by atoms with E-state index in [2.05, 4.69) is 29.5 Å². The van der Waals surface area contributed by atoms with Gasteiger partial charge in [0, 0.05) is 19.0 Å². The summed E-state index contributed by atoms with van der Waals surface area (Å²) in [5, 5.41) is 7.37. The summed E-state index contributed by atoms with van der Waals surface area (Å²) in [6, 6.07) is 0.299. The van der Waals surface area contributed by atoms with Gasteiger partial charge in [-0.3, -0.25) is 4.79 Å². The lowest BCUT2D eigenvalue weighted by atomic mass is 10.3. The Labute approximate surface area is 119 Å². The molecule has 0 bridgehead atoms. The molecule has 1 aliphatic carbocycles. The molecule has 0 aromatic carbocycles. The number of aryl methyl sites for hydroxylation is 1. The molecule has 0 spiro atoms. The van der Waals surface area contributed by atoms with Crippen LogP contribution in [0.25, 0.3) is 0 Å². The van der Waals surface area contributed by atoms with E-state index in [1.54, 1.807) is 11.3 Å². The predicted octanol–water partition coefficient (Wildman–Crippen LogP) is 2.13. The fourth-order valence-electron chi connectivity index (χ4n) is 2.07. The number of rotatable bonds is 7. The van der Waals surface area contributed by atoms with Crippen LogP contribution >= 0.6 is 11.3 Å². The first-order valence-corrected chi connectivity index (χ1v) is 7.89. The maximum Gasteiger partial charge on any atom is 0.263 e. The van der Waals surface area contributed by atoms with Crippen molar-refractivity contribution in [2.75, 3.05) is 13.1 Å². The molecule has 2 N–H and O–H groups in total. The van der Waals surface area contributed by atoms with Crippen molar-refractivity contribution in [1.29, 1.82) is 0 Å². The molecule has 1 aromatic rings. The summed E-state index contributed by atoms with van der Waals surface area (Å²) >= 11 is 1.56. The molecular weight excluding hydrogens is 258 g/mol. The van der Waals surface area contributed by atoms with Crippen LogP contribution in [0, 0.1) is 12.8 Å². The van der Waals surface area contributed by atoms with Gasteiger partial charge in [-0.2, -0.15) is 0 Å². The minimum atomic E-state index is 0.0156. The summed E-state index contributed by atoms with van der Waals surface area (Å²) < 4.78 is 0. The molecule has 5 heteroatoms. The predicted molar refractivity (Wildman–Crippen MR) is 78.8 cm³/mol. The van der Waals surface area contributed by atoms with Crippen molar-refractivity contribution in [3.8, 4) is 0 Å². The second kappa shape index (κ2) is 6.48. The number of amides is 1. The SMILES string of the molecule is CCN[C@H](C)CNC(=O)c1sc(CC2CC2)nc1C. The third-order valence-corrected chi connectivity index (χ3v) is 4.51. The smallest absolute Gasteiger partial charge is 0.263 e. The summed E-state index contributed by atoms with van der Waals surface area (Å²) in [4.78, 5) is 17.4. The minimum Gasteiger partial charge on any atom is -0.350 e. The Morgan fingerprint density at radius 1 is 1.53 bits per heavy atom. The highest BCUT2D eigenvalue weighted by Crippen LogP contribution is 2.34. The number of hydrogen-bond acceptors (Lipinski definition) is 4. The van der Waals surface area contributed by atoms with Gasteiger partial charge in [0.2, 0.25) is 0 Å². The molecule has 0 aliphatic heterocycles. The van der Waals surface area contributed by atoms with Gasteiger partial charge in [-0.25, -0.2) is 4.98 Å². The molecule has 4 nitrogen and oxygen atoms in total. The fraction of sp³-hybridized carbons (Fsp3) is 0.714. The third-order valence-electron chi connectivity index (χ3n) is 3.33. The average Bonchev–Trinajstić information content (AvgIpc) is 3.09. The Kier molecular flexibility index (Phi) is 4.93. The summed E-state index contributed by atoms with van der Waals surface area (Å²) in [5.41, 5.74) is 0.870. The monoisotopic (exact) mass is 281 g/mol. The second-order valence-corrected chi connectivity index (χ2v) is 6.42. The molecule has 1 saturated carbocycles. The Morgan fingerprint density at radius 3 is 2.89 bits per heavy atom. The van der Waals surface area contributed by atoms with E-state index in [1.165, 1.54) is 12.8 Å². The van der Waals surface area contributed by atoms with Crippen molar-refractivity contribution < 1.29 is 4.79 Å². The first kappa shape index (κ1) is 14.5. The highest BCUT2D eigenvalue weighted by molar-refractivity contribution is 7.13. The van der Waals surface area contributed by atoms with Gasteiger partial charge in [0.25, 0.3) is 5.91 Å². The number of likely N-dealkylation sites (N-methyl/N-ethyl adjacent to an activating group) is 1. The quantitative estimate of drug-likeness (QED) is 0.805. The van der Waals surface area contributed by atoms with Gasteiger partial charge in [0.05, 0.1) is 10.7 Å². The molecule has 1 atom stereocenters. The maximum absolute atomic E-state index is 12.1. The van der Waals surface area contributed by atoms with Crippen molar-refractivity contribution in [2.24, 2.45) is 5.92 Å². The lowest BCUT2D eigenvalue weighted by molar-refractivity contribution is 0.0953. The molecule has 1 heterocycles. The summed E-state index contributed by atoms with van der Waals surface area (Å²) in [6.07, 6.45) is 3.69. The van der Waals surface area contributed by atoms with Crippen LogP contribution in [0.5, 0.6) is 0 Å². The highest BCUT2D eigenvalue weighted by atomic mass is 32.1. The molecule has 0 saturated heterocycles. The number of hydrogen-bond donors (Lipinski definition) is 2. The number of aromatic nitrogens is 1. The molecule has 2 rings (SSSR count). The van der Waals surface area contributed by atoms with Crippen LogP contribution in [0.4, 0.5) is 0 Å². The molecule has 0 radical (unpaired) electrons. The molecule has 1 fully saturated rings. The van der Waals surface area contributed by atoms with Gasteiger partial charge in [0.15, 0.2) is 0 Å². The van der Waals surface area contributed by atoms with Gasteiger partial charge >= 0.3 is 0 Å². The van der Waals surface area contributed by atoms with E-state index in [9.17, 15) is 4.79 Å². The van der Waals surface area contributed by atoms with Crippen LogP contribution < -0.4 is 10.6 Å². The van der Waals surface area contributed by atoms with Gasteiger partial charge in [-0.15, -0.1) is 11.3 Å². The third kappa shape index (κ3) is 4.28. The van der Waals surface area contributed by atoms with Gasteiger partial charge in [0.1, 0.15) is 4.88 Å². The molecule has 19 heavy (non-hydrogen) atoms. The molecule has 1 aliphatic rings. The molecule has 1 aromatic heterocycles. The molecule has 106 valence electrons. The van der Waals surface area contributed by atoms with Crippen LogP contribution in [-0.2, 0) is 6.42 Å². The maximum atomic E-state index is 12.1. The lowest BCUT2D eigenvalue weighted by Crippen LogP contribution is -2.38. The topological polar surface area (TPSA) is 54.0 Å². The zero-order valence-corrected chi connectivity index (χ0v) is 12.8. The summed E-state index contributed by atoms with van der Waals surface area (Å²) in [5.74, 6) is 0.831. The Morgan fingerprint density at radius 2 is 2.26 bits per heavy atom. The van der Waals surface area contributed by atoms with Crippen molar-refractivity contribution in [2.45, 2.75) is 46.1 Å². The minimum absolute atomic E-state index is 0.0156. The van der Waals surface area contributed by atoms with Crippen molar-refractivity contribution >= 4 is 17.2 Å². The molecule has 1 amide bonds. The number of nitrogens with zero attached hydrogens (tertiary/aromatic N) is 1. The van der Waals surface area contributed by atoms with Crippen LogP contribution in [-0.4, -0.2) is 30.0 Å². The number of carbonyl (C=O) groups excluding carboxylic acids is 1. The zero-order chi connectivity index (χ0) is 13.8. The normalized spacial score (nSPS) is 16.4. The zero-order valence-electron chi connectivity index (χ0n) is 12.0. The van der Waals surface area contributed by atoms with Crippen LogP contribution in [0.2, 0.25) is 0 Å². The van der Waals surface area contributed by atoms with Crippen LogP contribution in [0.3, 0.4) is 0 Å². The Balaban J connectivity index is 1.88. The van der Waals surface area contributed by atoms with Gasteiger partial charge in [-0.05, 0) is 39.2 Å². The van der Waals surface area contributed by atoms with Crippen LogP contribution in [0.1, 0.15) is 47.1 Å². The van der Waals surface area contributed by atoms with E-state index in [0.29, 0.717) is 12.6 Å². The second-order valence-electron chi connectivity index (χ2n) is 5.34. The fourth-order valence-corrected chi connectivity index (χ4v) is 3.16. The summed E-state index contributed by atoms with van der Waals surface area (Å²) in [7, 11) is 0. The standard InChI is InChI=1S/C14H23N3OS/c1-4-15-9(2)8-16-14(18)13-10(3)17-12(19-13)7-11-5-6-11/h9,11,15H,4-8H2,1-3H3,(H,16,18)/t9-/m1/s1. The van der Waals surface area contributed by atoms with E-state index in [0.717, 1.165) is 34.5 Å². The molecular formula is C14H23N3OS. The Hall–Kier alpha value is -0.940. The first-order valence-electron chi connectivity index (χ1n) is 7.08. The van der Waals surface area contributed by atoms with Crippen LogP contribution in [0.15, 0.2) is 0 Å². The van der Waals surface area contributed by atoms with Crippen molar-refractivity contribution in [3.05, 3.63) is 15.6 Å². The average molecular weight is 281 g/mol. The molecule has 0 unspecified atom stereocenters. The number of carbonyl (C=O) groups is 1. The van der Waals surface area contributed by atoms with E-state index >= 15 is 0 Å². The van der Waals surface area contributed by atoms with Gasteiger partial charge in [-0.1, -0.05) is 6.92 Å².